The minimum Gasteiger partial charge on any atom is -0.337 e. The van der Waals surface area contributed by atoms with Gasteiger partial charge in [0.05, 0.1) is 10.2 Å². The van der Waals surface area contributed by atoms with Gasteiger partial charge in [0.1, 0.15) is 5.69 Å². The van der Waals surface area contributed by atoms with Crippen LogP contribution in [0.1, 0.15) is 34.5 Å². The molecule has 1 amide bonds. The topological polar surface area (TPSA) is 25.2 Å². The Kier molecular flexibility index (Phi) is 5.90. The first-order valence-electron chi connectivity index (χ1n) is 11.2. The van der Waals surface area contributed by atoms with Gasteiger partial charge in [-0.15, -0.1) is 11.3 Å². The predicted octanol–water partition coefficient (Wildman–Crippen LogP) is 6.04. The molecule has 0 saturated carbocycles. The van der Waals surface area contributed by atoms with Crippen LogP contribution in [-0.2, 0) is 19.4 Å². The Hall–Kier alpha value is -2.85. The monoisotopic (exact) mass is 428 g/mol. The van der Waals surface area contributed by atoms with E-state index in [2.05, 4.69) is 81.6 Å². The molecule has 1 aliphatic heterocycles. The number of aromatic nitrogens is 1. The Labute approximate surface area is 187 Å². The highest BCUT2D eigenvalue weighted by atomic mass is 32.1. The lowest BCUT2D eigenvalue weighted by Gasteiger charge is -2.32. The highest BCUT2D eigenvalue weighted by Crippen LogP contribution is 2.28. The number of hydrogen-bond acceptors (Lipinski definition) is 2. The molecule has 1 saturated heterocycles. The van der Waals surface area contributed by atoms with Gasteiger partial charge in [-0.1, -0.05) is 60.7 Å². The third-order valence-electron chi connectivity index (χ3n) is 6.48. The average Bonchev–Trinajstić information content (AvgIpc) is 3.41. The summed E-state index contributed by atoms with van der Waals surface area (Å²) in [5, 5.41) is 2.12. The minimum atomic E-state index is 0.189. The fourth-order valence-corrected chi connectivity index (χ4v) is 5.55. The maximum Gasteiger partial charge on any atom is 0.270 e. The average molecular weight is 429 g/mol. The molecule has 31 heavy (non-hydrogen) atoms. The summed E-state index contributed by atoms with van der Waals surface area (Å²) in [5.74, 6) is 0.856. The van der Waals surface area contributed by atoms with Gasteiger partial charge in [0.25, 0.3) is 5.91 Å². The Bertz CT molecular complexity index is 1140. The number of amides is 1. The lowest BCUT2D eigenvalue weighted by molar-refractivity contribution is 0.0680. The Morgan fingerprint density at radius 2 is 1.58 bits per heavy atom. The smallest absolute Gasteiger partial charge is 0.270 e. The molecule has 0 bridgehead atoms. The first-order valence-corrected chi connectivity index (χ1v) is 12.1. The van der Waals surface area contributed by atoms with Gasteiger partial charge < -0.3 is 9.47 Å². The molecule has 3 heterocycles. The van der Waals surface area contributed by atoms with E-state index in [-0.39, 0.29) is 5.91 Å². The van der Waals surface area contributed by atoms with E-state index in [1.54, 1.807) is 11.3 Å². The molecular formula is C27H28N2OS. The van der Waals surface area contributed by atoms with Crippen LogP contribution >= 0.6 is 11.3 Å². The molecule has 0 aliphatic carbocycles. The number of thiophene rings is 1. The second-order valence-corrected chi connectivity index (χ2v) is 9.46. The van der Waals surface area contributed by atoms with Crippen molar-refractivity contribution in [2.24, 2.45) is 5.92 Å². The molecule has 0 spiro atoms. The van der Waals surface area contributed by atoms with Gasteiger partial charge in [-0.05, 0) is 60.2 Å². The Morgan fingerprint density at radius 1 is 0.903 bits per heavy atom. The van der Waals surface area contributed by atoms with Crippen LogP contribution in [-0.4, -0.2) is 28.5 Å². The third-order valence-corrected chi connectivity index (χ3v) is 7.33. The van der Waals surface area contributed by atoms with Gasteiger partial charge in [-0.2, -0.15) is 0 Å². The molecule has 0 radical (unpaired) electrons. The van der Waals surface area contributed by atoms with Crippen molar-refractivity contribution in [3.8, 4) is 0 Å². The van der Waals surface area contributed by atoms with Gasteiger partial charge in [0.2, 0.25) is 0 Å². The number of fused-ring (bicyclic) bond motifs is 1. The molecule has 1 fully saturated rings. The zero-order chi connectivity index (χ0) is 21.0. The number of nitrogens with zero attached hydrogens (tertiary/aromatic N) is 2. The van der Waals surface area contributed by atoms with Crippen LogP contribution in [0.5, 0.6) is 0 Å². The summed E-state index contributed by atoms with van der Waals surface area (Å²) in [5.41, 5.74) is 4.74. The van der Waals surface area contributed by atoms with Crippen molar-refractivity contribution >= 4 is 27.5 Å². The van der Waals surface area contributed by atoms with Crippen molar-refractivity contribution in [1.29, 1.82) is 0 Å². The molecule has 4 aromatic rings. The number of aryl methyl sites for hydroxylation is 2. The molecule has 2 aromatic heterocycles. The van der Waals surface area contributed by atoms with Crippen LogP contribution in [0, 0.1) is 5.92 Å². The maximum absolute atomic E-state index is 13.5. The van der Waals surface area contributed by atoms with Gasteiger partial charge in [0.15, 0.2) is 0 Å². The van der Waals surface area contributed by atoms with E-state index in [9.17, 15) is 4.79 Å². The molecule has 5 rings (SSSR count). The molecular weight excluding hydrogens is 400 g/mol. The summed E-state index contributed by atoms with van der Waals surface area (Å²) in [4.78, 5) is 15.5. The zero-order valence-corrected chi connectivity index (χ0v) is 18.6. The number of carbonyl (C=O) groups is 1. The Morgan fingerprint density at radius 3 is 2.29 bits per heavy atom. The largest absolute Gasteiger partial charge is 0.337 e. The van der Waals surface area contributed by atoms with Crippen LogP contribution in [0.2, 0.25) is 0 Å². The van der Waals surface area contributed by atoms with E-state index in [1.807, 2.05) is 6.07 Å². The molecule has 3 nitrogen and oxygen atoms in total. The van der Waals surface area contributed by atoms with Crippen molar-refractivity contribution in [3.05, 3.63) is 95.0 Å². The SMILES string of the molecule is O=C(c1cc2sccc2n1CCc1ccccc1)N1CCC(Cc2ccccc2)CC1. The normalized spacial score (nSPS) is 14.9. The lowest BCUT2D eigenvalue weighted by Crippen LogP contribution is -2.39. The number of benzene rings is 2. The van der Waals surface area contributed by atoms with Gasteiger partial charge in [-0.3, -0.25) is 4.79 Å². The molecule has 0 unspecified atom stereocenters. The van der Waals surface area contributed by atoms with E-state index in [0.717, 1.165) is 51.0 Å². The standard InChI is InChI=1S/C27H28N2OS/c30-27(28-15-11-23(12-16-28)19-22-9-5-2-6-10-22)25-20-26-24(14-18-31-26)29(25)17-13-21-7-3-1-4-8-21/h1-10,14,18,20,23H,11-13,15-17,19H2. The second-order valence-electron chi connectivity index (χ2n) is 8.51. The van der Waals surface area contributed by atoms with Crippen LogP contribution in [0.15, 0.2) is 78.2 Å². The van der Waals surface area contributed by atoms with E-state index >= 15 is 0 Å². The number of rotatable bonds is 6. The lowest BCUT2D eigenvalue weighted by atomic mass is 9.90. The first-order chi connectivity index (χ1) is 15.3. The van der Waals surface area contributed by atoms with Gasteiger partial charge in [0, 0.05) is 19.6 Å². The van der Waals surface area contributed by atoms with Crippen LogP contribution < -0.4 is 0 Å². The van der Waals surface area contributed by atoms with E-state index in [1.165, 1.54) is 21.3 Å². The quantitative estimate of drug-likeness (QED) is 0.367. The molecule has 1 aliphatic rings. The summed E-state index contributed by atoms with van der Waals surface area (Å²) >= 11 is 1.72. The van der Waals surface area contributed by atoms with Crippen molar-refractivity contribution in [2.75, 3.05) is 13.1 Å². The number of hydrogen-bond donors (Lipinski definition) is 0. The Balaban J connectivity index is 1.28. The van der Waals surface area contributed by atoms with Crippen molar-refractivity contribution in [2.45, 2.75) is 32.2 Å². The maximum atomic E-state index is 13.5. The van der Waals surface area contributed by atoms with Gasteiger partial charge in [-0.25, -0.2) is 0 Å². The minimum absolute atomic E-state index is 0.189. The van der Waals surface area contributed by atoms with Crippen LogP contribution in [0.4, 0.5) is 0 Å². The van der Waals surface area contributed by atoms with E-state index in [4.69, 9.17) is 0 Å². The number of likely N-dealkylation sites (tertiary alicyclic amines) is 1. The summed E-state index contributed by atoms with van der Waals surface area (Å²) in [6.07, 6.45) is 4.21. The van der Waals surface area contributed by atoms with Crippen LogP contribution in [0.3, 0.4) is 0 Å². The number of carbonyl (C=O) groups excluding carboxylic acids is 1. The van der Waals surface area contributed by atoms with Gasteiger partial charge >= 0.3 is 0 Å². The fraction of sp³-hybridized carbons (Fsp3) is 0.296. The zero-order valence-electron chi connectivity index (χ0n) is 17.7. The molecule has 0 atom stereocenters. The molecule has 158 valence electrons. The molecule has 2 aromatic carbocycles. The van der Waals surface area contributed by atoms with E-state index < -0.39 is 0 Å². The molecule has 4 heteroatoms. The van der Waals surface area contributed by atoms with Crippen molar-refractivity contribution in [3.63, 3.8) is 0 Å². The fourth-order valence-electron chi connectivity index (χ4n) is 4.73. The highest BCUT2D eigenvalue weighted by Gasteiger charge is 2.26. The summed E-state index contributed by atoms with van der Waals surface area (Å²) in [7, 11) is 0. The highest BCUT2D eigenvalue weighted by molar-refractivity contribution is 7.17. The van der Waals surface area contributed by atoms with E-state index in [0.29, 0.717) is 5.92 Å². The summed E-state index contributed by atoms with van der Waals surface area (Å²) in [6.45, 7) is 2.54. The van der Waals surface area contributed by atoms with Crippen molar-refractivity contribution in [1.82, 2.24) is 9.47 Å². The summed E-state index contributed by atoms with van der Waals surface area (Å²) < 4.78 is 3.44. The predicted molar refractivity (Wildman–Crippen MR) is 129 cm³/mol. The second kappa shape index (κ2) is 9.11. The third kappa shape index (κ3) is 4.45. The van der Waals surface area contributed by atoms with Crippen LogP contribution in [0.25, 0.3) is 10.2 Å². The van der Waals surface area contributed by atoms with Crippen molar-refractivity contribution < 1.29 is 4.79 Å². The first kappa shape index (κ1) is 20.1. The molecule has 0 N–H and O–H groups in total. The number of piperidine rings is 1. The summed E-state index contributed by atoms with van der Waals surface area (Å²) in [6, 6.07) is 25.5.